The Labute approximate surface area is 201 Å². The molecule has 1 unspecified atom stereocenters. The fourth-order valence-electron chi connectivity index (χ4n) is 3.60. The molecule has 1 aromatic carbocycles. The molecular formula is C23H24ClF2N5O3. The number of methoxy groups -OCH3 is 1. The molecule has 0 spiro atoms. The fourth-order valence-corrected chi connectivity index (χ4v) is 3.60. The number of anilines is 1. The Morgan fingerprint density at radius 1 is 1.15 bits per heavy atom. The van der Waals surface area contributed by atoms with Crippen LogP contribution in [0, 0.1) is 11.6 Å². The van der Waals surface area contributed by atoms with E-state index in [1.165, 1.54) is 43.9 Å². The molecule has 3 heterocycles. The summed E-state index contributed by atoms with van der Waals surface area (Å²) in [5, 5.41) is 5.97. The molecule has 11 heteroatoms. The molecule has 180 valence electrons. The normalized spacial score (nSPS) is 15.6. The number of hydrogen-bond acceptors (Lipinski definition) is 7. The Morgan fingerprint density at radius 2 is 2.00 bits per heavy atom. The predicted octanol–water partition coefficient (Wildman–Crippen LogP) is 4.02. The molecule has 1 amide bonds. The predicted molar refractivity (Wildman–Crippen MR) is 125 cm³/mol. The van der Waals surface area contributed by atoms with Crippen molar-refractivity contribution < 1.29 is 23.0 Å². The van der Waals surface area contributed by atoms with Gasteiger partial charge in [0.25, 0.3) is 5.91 Å². The van der Waals surface area contributed by atoms with E-state index in [0.29, 0.717) is 0 Å². The molecule has 8 nitrogen and oxygen atoms in total. The standard InChI is InChI=1S/C23H23F2N5O3.ClH/c1-32-19-6-2-5-15(24)20(19)21-16(25)7-8-17(29-21)22(31)30-18-12-27-13-28-23(18)33-14-4-3-10-26-11-9-14;/h2,5-8,12-14,26H,3-4,9-11H2,1H3,(H,30,31);1H. The van der Waals surface area contributed by atoms with Crippen LogP contribution in [0.3, 0.4) is 0 Å². The second kappa shape index (κ2) is 11.7. The van der Waals surface area contributed by atoms with Gasteiger partial charge in [-0.1, -0.05) is 6.07 Å². The zero-order chi connectivity index (χ0) is 23.2. The first-order valence-electron chi connectivity index (χ1n) is 10.5. The van der Waals surface area contributed by atoms with E-state index >= 15 is 0 Å². The van der Waals surface area contributed by atoms with Gasteiger partial charge in [-0.05, 0) is 56.6 Å². The topological polar surface area (TPSA) is 98.3 Å². The summed E-state index contributed by atoms with van der Waals surface area (Å²) in [7, 11) is 1.34. The number of nitrogens with one attached hydrogen (secondary N) is 2. The van der Waals surface area contributed by atoms with Crippen LogP contribution in [0.4, 0.5) is 14.5 Å². The van der Waals surface area contributed by atoms with Crippen molar-refractivity contribution in [1.29, 1.82) is 0 Å². The van der Waals surface area contributed by atoms with E-state index in [1.807, 2.05) is 0 Å². The highest BCUT2D eigenvalue weighted by molar-refractivity contribution is 6.03. The van der Waals surface area contributed by atoms with E-state index in [4.69, 9.17) is 9.47 Å². The van der Waals surface area contributed by atoms with E-state index in [2.05, 4.69) is 25.6 Å². The van der Waals surface area contributed by atoms with Crippen LogP contribution in [0.1, 0.15) is 29.8 Å². The zero-order valence-corrected chi connectivity index (χ0v) is 19.2. The maximum absolute atomic E-state index is 14.5. The summed E-state index contributed by atoms with van der Waals surface area (Å²) in [6.45, 7) is 1.76. The molecule has 4 rings (SSSR count). The summed E-state index contributed by atoms with van der Waals surface area (Å²) in [6, 6.07) is 6.36. The van der Waals surface area contributed by atoms with Gasteiger partial charge in [0, 0.05) is 0 Å². The van der Waals surface area contributed by atoms with Gasteiger partial charge in [-0.2, -0.15) is 4.98 Å². The van der Waals surface area contributed by atoms with Gasteiger partial charge in [-0.25, -0.2) is 18.7 Å². The molecule has 1 aliphatic rings. The van der Waals surface area contributed by atoms with E-state index in [-0.39, 0.29) is 52.8 Å². The first-order valence-corrected chi connectivity index (χ1v) is 10.5. The van der Waals surface area contributed by atoms with Crippen molar-refractivity contribution in [3.63, 3.8) is 0 Å². The van der Waals surface area contributed by atoms with E-state index in [1.54, 1.807) is 0 Å². The molecule has 0 bridgehead atoms. The molecule has 34 heavy (non-hydrogen) atoms. The number of pyridine rings is 1. The zero-order valence-electron chi connectivity index (χ0n) is 18.4. The van der Waals surface area contributed by atoms with Crippen molar-refractivity contribution in [2.75, 3.05) is 25.5 Å². The molecule has 1 aliphatic heterocycles. The number of halogens is 3. The van der Waals surface area contributed by atoms with Crippen molar-refractivity contribution in [2.24, 2.45) is 0 Å². The van der Waals surface area contributed by atoms with Crippen LogP contribution >= 0.6 is 12.4 Å². The van der Waals surface area contributed by atoms with Crippen LogP contribution in [0.5, 0.6) is 11.6 Å². The highest BCUT2D eigenvalue weighted by Gasteiger charge is 2.21. The average molecular weight is 492 g/mol. The van der Waals surface area contributed by atoms with Crippen molar-refractivity contribution >= 4 is 24.0 Å². The van der Waals surface area contributed by atoms with Crippen molar-refractivity contribution in [2.45, 2.75) is 25.4 Å². The number of amides is 1. The lowest BCUT2D eigenvalue weighted by molar-refractivity contribution is 0.102. The SMILES string of the molecule is COc1cccc(F)c1-c1nc(C(=O)Nc2cncnc2OC2CCCNCC2)ccc1F.Cl. The number of carbonyl (C=O) groups is 1. The molecular weight excluding hydrogens is 468 g/mol. The maximum atomic E-state index is 14.5. The molecule has 0 radical (unpaired) electrons. The Balaban J connectivity index is 0.00000324. The molecule has 1 atom stereocenters. The smallest absolute Gasteiger partial charge is 0.274 e. The number of nitrogens with zero attached hydrogens (tertiary/aromatic N) is 3. The van der Waals surface area contributed by atoms with E-state index < -0.39 is 17.5 Å². The van der Waals surface area contributed by atoms with Crippen LogP contribution in [0.25, 0.3) is 11.3 Å². The summed E-state index contributed by atoms with van der Waals surface area (Å²) in [5.41, 5.74) is -0.355. The summed E-state index contributed by atoms with van der Waals surface area (Å²) < 4.78 is 40.2. The quantitative estimate of drug-likeness (QED) is 0.537. The van der Waals surface area contributed by atoms with Gasteiger partial charge >= 0.3 is 0 Å². The third kappa shape index (κ3) is 5.75. The highest BCUT2D eigenvalue weighted by Crippen LogP contribution is 2.33. The molecule has 0 aliphatic carbocycles. The summed E-state index contributed by atoms with van der Waals surface area (Å²) in [4.78, 5) is 25.1. The second-order valence-electron chi connectivity index (χ2n) is 7.46. The molecule has 2 aromatic heterocycles. The van der Waals surface area contributed by atoms with Crippen molar-refractivity contribution in [3.05, 3.63) is 60.2 Å². The minimum absolute atomic E-state index is 0. The first-order chi connectivity index (χ1) is 16.1. The Kier molecular flexibility index (Phi) is 8.67. The van der Waals surface area contributed by atoms with Crippen LogP contribution in [0.15, 0.2) is 42.9 Å². The van der Waals surface area contributed by atoms with Gasteiger partial charge in [0.1, 0.15) is 46.9 Å². The van der Waals surface area contributed by atoms with E-state index in [0.717, 1.165) is 38.4 Å². The van der Waals surface area contributed by atoms with Gasteiger partial charge < -0.3 is 20.1 Å². The maximum Gasteiger partial charge on any atom is 0.274 e. The number of rotatable bonds is 6. The fraction of sp³-hybridized carbons (Fsp3) is 0.304. The van der Waals surface area contributed by atoms with Gasteiger partial charge in [-0.3, -0.25) is 4.79 Å². The second-order valence-corrected chi connectivity index (χ2v) is 7.46. The molecule has 3 aromatic rings. The Bertz CT molecular complexity index is 1140. The lowest BCUT2D eigenvalue weighted by Gasteiger charge is -2.18. The Morgan fingerprint density at radius 3 is 2.82 bits per heavy atom. The minimum Gasteiger partial charge on any atom is -0.496 e. The van der Waals surface area contributed by atoms with Gasteiger partial charge in [0.05, 0.1) is 18.9 Å². The van der Waals surface area contributed by atoms with Crippen LogP contribution < -0.4 is 20.1 Å². The number of benzene rings is 1. The van der Waals surface area contributed by atoms with Crippen molar-refractivity contribution in [3.8, 4) is 22.9 Å². The monoisotopic (exact) mass is 491 g/mol. The van der Waals surface area contributed by atoms with Crippen LogP contribution in [-0.4, -0.2) is 47.2 Å². The van der Waals surface area contributed by atoms with Crippen molar-refractivity contribution in [1.82, 2.24) is 20.3 Å². The molecule has 1 saturated heterocycles. The van der Waals surface area contributed by atoms with E-state index in [9.17, 15) is 13.6 Å². The summed E-state index contributed by atoms with van der Waals surface area (Å²) in [6.07, 6.45) is 5.34. The molecule has 1 fully saturated rings. The van der Waals surface area contributed by atoms with Gasteiger partial charge in [-0.15, -0.1) is 12.4 Å². The molecule has 2 N–H and O–H groups in total. The lowest BCUT2D eigenvalue weighted by atomic mass is 10.1. The van der Waals surface area contributed by atoms with Gasteiger partial charge in [0.15, 0.2) is 0 Å². The highest BCUT2D eigenvalue weighted by atomic mass is 35.5. The van der Waals surface area contributed by atoms with Gasteiger partial charge in [0.2, 0.25) is 5.88 Å². The molecule has 0 saturated carbocycles. The summed E-state index contributed by atoms with van der Waals surface area (Å²) >= 11 is 0. The average Bonchev–Trinajstić information content (AvgIpc) is 3.09. The number of aromatic nitrogens is 3. The minimum atomic E-state index is -0.788. The third-order valence-electron chi connectivity index (χ3n) is 5.24. The number of hydrogen-bond donors (Lipinski definition) is 2. The number of carbonyl (C=O) groups excluding carboxylic acids is 1. The Hall–Kier alpha value is -3.37. The largest absolute Gasteiger partial charge is 0.496 e. The third-order valence-corrected chi connectivity index (χ3v) is 5.24. The van der Waals surface area contributed by atoms with Crippen LogP contribution in [0.2, 0.25) is 0 Å². The number of ether oxygens (including phenoxy) is 2. The lowest BCUT2D eigenvalue weighted by Crippen LogP contribution is -2.21. The van der Waals surface area contributed by atoms with Crippen LogP contribution in [-0.2, 0) is 0 Å². The summed E-state index contributed by atoms with van der Waals surface area (Å²) in [5.74, 6) is -1.81. The first kappa shape index (κ1) is 25.3.